The number of methoxy groups -OCH3 is 1. The number of carbonyl (C=O) groups excluding carboxylic acids is 1. The first kappa shape index (κ1) is 14.1. The maximum absolute atomic E-state index is 11.7. The molecule has 0 spiro atoms. The lowest BCUT2D eigenvalue weighted by Crippen LogP contribution is -2.16. The zero-order chi connectivity index (χ0) is 14.4. The lowest BCUT2D eigenvalue weighted by Gasteiger charge is -2.07. The number of hydrogen-bond acceptors (Lipinski definition) is 6. The lowest BCUT2D eigenvalue weighted by atomic mass is 10.3. The molecule has 1 aromatic heterocycles. The number of rotatable bonds is 5. The molecule has 0 fully saturated rings. The van der Waals surface area contributed by atoms with Crippen LogP contribution in [0, 0.1) is 0 Å². The van der Waals surface area contributed by atoms with Crippen LogP contribution in [0.25, 0.3) is 0 Å². The third kappa shape index (κ3) is 3.16. The summed E-state index contributed by atoms with van der Waals surface area (Å²) in [4.78, 5) is 17.0. The zero-order valence-electron chi connectivity index (χ0n) is 11.0. The molecule has 0 saturated heterocycles. The monoisotopic (exact) mass is 291 g/mol. The number of nitrogens with zero attached hydrogens (tertiary/aromatic N) is 1. The van der Waals surface area contributed by atoms with Crippen molar-refractivity contribution >= 4 is 23.0 Å². The predicted molar refractivity (Wildman–Crippen MR) is 76.4 cm³/mol. The molecule has 0 aliphatic carbocycles. The Kier molecular flexibility index (Phi) is 4.73. The van der Waals surface area contributed by atoms with E-state index in [-0.39, 0.29) is 5.71 Å². The van der Waals surface area contributed by atoms with Gasteiger partial charge in [-0.2, -0.15) is 0 Å². The minimum atomic E-state index is -0.577. The highest BCUT2D eigenvalue weighted by Gasteiger charge is 2.22. The second-order valence-corrected chi connectivity index (χ2v) is 4.56. The number of ether oxygens (including phenoxy) is 2. The smallest absolute Gasteiger partial charge is 0.361 e. The summed E-state index contributed by atoms with van der Waals surface area (Å²) in [5.41, 5.74) is 0.0796. The second kappa shape index (κ2) is 6.72. The average molecular weight is 291 g/mol. The molecule has 0 atom stereocenters. The van der Waals surface area contributed by atoms with Crippen LogP contribution in [0.2, 0.25) is 0 Å². The molecule has 104 valence electrons. The fourth-order valence-corrected chi connectivity index (χ4v) is 2.31. The summed E-state index contributed by atoms with van der Waals surface area (Å²) in [7, 11) is 2.66. The van der Waals surface area contributed by atoms with Crippen molar-refractivity contribution in [3.05, 3.63) is 46.7 Å². The highest BCUT2D eigenvalue weighted by Crippen LogP contribution is 2.30. The number of thiophene rings is 1. The van der Waals surface area contributed by atoms with Gasteiger partial charge < -0.3 is 14.3 Å². The van der Waals surface area contributed by atoms with E-state index in [9.17, 15) is 4.79 Å². The van der Waals surface area contributed by atoms with Crippen LogP contribution < -0.4 is 4.74 Å². The van der Waals surface area contributed by atoms with Crippen LogP contribution in [0.15, 0.2) is 46.9 Å². The van der Waals surface area contributed by atoms with Gasteiger partial charge in [0.1, 0.15) is 23.5 Å². The fourth-order valence-electron chi connectivity index (χ4n) is 1.53. The quantitative estimate of drug-likeness (QED) is 0.482. The molecular weight excluding hydrogens is 278 g/mol. The number of benzene rings is 1. The van der Waals surface area contributed by atoms with Crippen molar-refractivity contribution in [2.24, 2.45) is 5.16 Å². The maximum atomic E-state index is 11.7. The predicted octanol–water partition coefficient (Wildman–Crippen LogP) is 3.06. The van der Waals surface area contributed by atoms with Gasteiger partial charge in [0, 0.05) is 0 Å². The molecule has 0 saturated carbocycles. The lowest BCUT2D eigenvalue weighted by molar-refractivity contribution is -0.132. The summed E-state index contributed by atoms with van der Waals surface area (Å²) in [6.07, 6.45) is 0. The van der Waals surface area contributed by atoms with Gasteiger partial charge in [0.15, 0.2) is 0 Å². The highest BCUT2D eigenvalue weighted by molar-refractivity contribution is 7.13. The van der Waals surface area contributed by atoms with E-state index in [1.165, 1.54) is 25.6 Å². The third-order valence-corrected chi connectivity index (χ3v) is 3.28. The van der Waals surface area contributed by atoms with Gasteiger partial charge in [0.25, 0.3) is 0 Å². The Hall–Kier alpha value is -2.34. The molecule has 0 bridgehead atoms. The standard InChI is InChI=1S/C14H13NO4S/c1-17-14(16)12(15-18-2)13-11(8-9-20-13)19-10-6-4-3-5-7-10/h3-9H,1-2H3/b15-12-. The Balaban J connectivity index is 2.32. The minimum Gasteiger partial charge on any atom is -0.464 e. The Morgan fingerprint density at radius 1 is 1.15 bits per heavy atom. The van der Waals surface area contributed by atoms with Gasteiger partial charge >= 0.3 is 5.97 Å². The fraction of sp³-hybridized carbons (Fsp3) is 0.143. The van der Waals surface area contributed by atoms with E-state index < -0.39 is 5.97 Å². The molecule has 1 heterocycles. The molecule has 2 rings (SSSR count). The van der Waals surface area contributed by atoms with Crippen molar-refractivity contribution in [1.82, 2.24) is 0 Å². The van der Waals surface area contributed by atoms with Crippen LogP contribution in [0.5, 0.6) is 11.5 Å². The van der Waals surface area contributed by atoms with E-state index in [0.29, 0.717) is 16.4 Å². The summed E-state index contributed by atoms with van der Waals surface area (Å²) < 4.78 is 10.4. The number of para-hydroxylation sites is 1. The molecule has 20 heavy (non-hydrogen) atoms. The largest absolute Gasteiger partial charge is 0.464 e. The molecule has 0 N–H and O–H groups in total. The maximum Gasteiger partial charge on any atom is 0.361 e. The van der Waals surface area contributed by atoms with Crippen molar-refractivity contribution in [3.63, 3.8) is 0 Å². The van der Waals surface area contributed by atoms with Crippen LogP contribution in [0.1, 0.15) is 4.88 Å². The number of oxime groups is 1. The summed E-state index contributed by atoms with van der Waals surface area (Å²) in [5, 5.41) is 5.52. The van der Waals surface area contributed by atoms with Crippen LogP contribution in [-0.2, 0) is 14.4 Å². The minimum absolute atomic E-state index is 0.0796. The molecule has 0 unspecified atom stereocenters. The van der Waals surface area contributed by atoms with Crippen molar-refractivity contribution in [3.8, 4) is 11.5 Å². The summed E-state index contributed by atoms with van der Waals surface area (Å²) in [6, 6.07) is 11.0. The van der Waals surface area contributed by atoms with Gasteiger partial charge in [-0.1, -0.05) is 23.4 Å². The normalized spacial score (nSPS) is 11.0. The number of esters is 1. The van der Waals surface area contributed by atoms with Gasteiger partial charge in [0.05, 0.1) is 7.11 Å². The van der Waals surface area contributed by atoms with Gasteiger partial charge in [-0.05, 0) is 23.6 Å². The molecule has 5 nitrogen and oxygen atoms in total. The zero-order valence-corrected chi connectivity index (χ0v) is 11.8. The first-order chi connectivity index (χ1) is 9.76. The molecule has 0 amide bonds. The first-order valence-electron chi connectivity index (χ1n) is 5.76. The van der Waals surface area contributed by atoms with Crippen molar-refractivity contribution in [1.29, 1.82) is 0 Å². The molecule has 0 aliphatic heterocycles. The van der Waals surface area contributed by atoms with Crippen molar-refractivity contribution in [2.75, 3.05) is 14.2 Å². The summed E-state index contributed by atoms with van der Waals surface area (Å²) in [5.74, 6) is 0.628. The average Bonchev–Trinajstić information content (AvgIpc) is 2.93. The Morgan fingerprint density at radius 3 is 2.55 bits per heavy atom. The topological polar surface area (TPSA) is 57.1 Å². The number of hydrogen-bond donors (Lipinski definition) is 0. The van der Waals surface area contributed by atoms with Crippen LogP contribution in [-0.4, -0.2) is 25.9 Å². The van der Waals surface area contributed by atoms with Crippen LogP contribution in [0.4, 0.5) is 0 Å². The molecule has 1 aromatic carbocycles. The van der Waals surface area contributed by atoms with E-state index in [2.05, 4.69) is 5.16 Å². The van der Waals surface area contributed by atoms with E-state index in [1.807, 2.05) is 35.7 Å². The number of carbonyl (C=O) groups is 1. The van der Waals surface area contributed by atoms with Gasteiger partial charge in [-0.25, -0.2) is 4.79 Å². The van der Waals surface area contributed by atoms with E-state index in [0.717, 1.165) is 0 Å². The second-order valence-electron chi connectivity index (χ2n) is 3.64. The van der Waals surface area contributed by atoms with Gasteiger partial charge in [-0.3, -0.25) is 0 Å². The van der Waals surface area contributed by atoms with Crippen molar-refractivity contribution in [2.45, 2.75) is 0 Å². The van der Waals surface area contributed by atoms with Crippen LogP contribution in [0.3, 0.4) is 0 Å². The van der Waals surface area contributed by atoms with E-state index in [1.54, 1.807) is 6.07 Å². The Morgan fingerprint density at radius 2 is 1.90 bits per heavy atom. The molecule has 2 aromatic rings. The van der Waals surface area contributed by atoms with Gasteiger partial charge in [0.2, 0.25) is 5.71 Å². The van der Waals surface area contributed by atoms with Crippen LogP contribution >= 0.6 is 11.3 Å². The highest BCUT2D eigenvalue weighted by atomic mass is 32.1. The van der Waals surface area contributed by atoms with E-state index in [4.69, 9.17) is 14.3 Å². The van der Waals surface area contributed by atoms with Crippen molar-refractivity contribution < 1.29 is 19.1 Å². The Labute approximate surface area is 120 Å². The van der Waals surface area contributed by atoms with E-state index >= 15 is 0 Å². The molecule has 0 aliphatic rings. The molecule has 6 heteroatoms. The first-order valence-corrected chi connectivity index (χ1v) is 6.64. The summed E-state index contributed by atoms with van der Waals surface area (Å²) >= 11 is 1.32. The molecular formula is C14H13NO4S. The van der Waals surface area contributed by atoms with Gasteiger partial charge in [-0.15, -0.1) is 11.3 Å². The SMILES string of the molecule is CO/N=C(\C(=O)OC)c1sccc1Oc1ccccc1. The third-order valence-electron chi connectivity index (χ3n) is 2.38. The molecule has 0 radical (unpaired) electrons. The Bertz CT molecular complexity index is 607. The summed E-state index contributed by atoms with van der Waals surface area (Å²) in [6.45, 7) is 0.